The summed E-state index contributed by atoms with van der Waals surface area (Å²) in [5.41, 5.74) is 6.30. The molecule has 1 heterocycles. The molecular weight excluding hydrogens is 490 g/mol. The first-order valence-electron chi connectivity index (χ1n) is 10.1. The number of hydrogen-bond donors (Lipinski definition) is 2. The molecule has 0 aliphatic carbocycles. The summed E-state index contributed by atoms with van der Waals surface area (Å²) in [5.74, 6) is 1.64. The summed E-state index contributed by atoms with van der Waals surface area (Å²) in [7, 11) is 0. The number of nitro benzene ring substituents is 1. The third-order valence-electron chi connectivity index (χ3n) is 4.64. The third kappa shape index (κ3) is 5.47. The van der Waals surface area contributed by atoms with Gasteiger partial charge in [-0.15, -0.1) is 0 Å². The number of nitrogens with one attached hydrogen (secondary N) is 2. The maximum atomic E-state index is 10.8. The molecule has 168 valence electrons. The van der Waals surface area contributed by atoms with E-state index in [1.54, 1.807) is 18.3 Å². The molecule has 3 aromatic carbocycles. The number of H-pyrrole nitrogens is 1. The molecule has 0 radical (unpaired) electrons. The highest BCUT2D eigenvalue weighted by atomic mass is 79.9. The van der Waals surface area contributed by atoms with Crippen molar-refractivity contribution in [1.29, 1.82) is 0 Å². The first-order chi connectivity index (χ1) is 16.0. The molecule has 0 bridgehead atoms. The number of imidazole rings is 1. The number of para-hydroxylation sites is 2. The van der Waals surface area contributed by atoms with Crippen LogP contribution in [0.25, 0.3) is 11.0 Å². The molecule has 0 saturated heterocycles. The van der Waals surface area contributed by atoms with Crippen molar-refractivity contribution in [2.24, 2.45) is 5.10 Å². The number of rotatable bonds is 9. The Bertz CT molecular complexity index is 1270. The number of ether oxygens (including phenoxy) is 2. The average molecular weight is 510 g/mol. The van der Waals surface area contributed by atoms with Crippen LogP contribution < -0.4 is 14.9 Å². The van der Waals surface area contributed by atoms with Gasteiger partial charge < -0.3 is 14.5 Å². The van der Waals surface area contributed by atoms with Crippen LogP contribution in [-0.4, -0.2) is 27.7 Å². The second kappa shape index (κ2) is 10.1. The average Bonchev–Trinajstić information content (AvgIpc) is 3.22. The van der Waals surface area contributed by atoms with Gasteiger partial charge in [0, 0.05) is 12.1 Å². The van der Waals surface area contributed by atoms with Gasteiger partial charge in [-0.05, 0) is 70.4 Å². The zero-order chi connectivity index (χ0) is 23.2. The van der Waals surface area contributed by atoms with Crippen molar-refractivity contribution in [1.82, 2.24) is 9.97 Å². The van der Waals surface area contributed by atoms with E-state index in [-0.39, 0.29) is 12.3 Å². The second-order valence-electron chi connectivity index (χ2n) is 6.95. The van der Waals surface area contributed by atoms with Crippen LogP contribution in [-0.2, 0) is 6.61 Å². The van der Waals surface area contributed by atoms with Crippen molar-refractivity contribution < 1.29 is 14.4 Å². The molecule has 0 unspecified atom stereocenters. The molecule has 0 aliphatic rings. The van der Waals surface area contributed by atoms with Gasteiger partial charge in [-0.25, -0.2) is 10.4 Å². The van der Waals surface area contributed by atoms with E-state index < -0.39 is 4.92 Å². The molecule has 0 amide bonds. The van der Waals surface area contributed by atoms with Crippen LogP contribution in [0.5, 0.6) is 11.5 Å². The van der Waals surface area contributed by atoms with Crippen LogP contribution in [0.2, 0.25) is 0 Å². The summed E-state index contributed by atoms with van der Waals surface area (Å²) in [4.78, 5) is 17.9. The lowest BCUT2D eigenvalue weighted by Crippen LogP contribution is -2.02. The number of benzene rings is 3. The largest absolute Gasteiger partial charge is 0.490 e. The fourth-order valence-electron chi connectivity index (χ4n) is 3.11. The monoisotopic (exact) mass is 509 g/mol. The summed E-state index contributed by atoms with van der Waals surface area (Å²) >= 11 is 3.54. The second-order valence-corrected chi connectivity index (χ2v) is 7.80. The molecule has 0 spiro atoms. The van der Waals surface area contributed by atoms with E-state index in [2.05, 4.69) is 36.4 Å². The normalized spacial score (nSPS) is 11.1. The van der Waals surface area contributed by atoms with E-state index in [1.165, 1.54) is 12.1 Å². The number of nitro groups is 1. The van der Waals surface area contributed by atoms with Crippen LogP contribution in [0.3, 0.4) is 0 Å². The van der Waals surface area contributed by atoms with E-state index in [4.69, 9.17) is 9.47 Å². The Labute approximate surface area is 197 Å². The van der Waals surface area contributed by atoms with Gasteiger partial charge in [-0.3, -0.25) is 10.1 Å². The summed E-state index contributed by atoms with van der Waals surface area (Å²) < 4.78 is 12.4. The van der Waals surface area contributed by atoms with Crippen LogP contribution in [0.15, 0.2) is 70.2 Å². The highest BCUT2D eigenvalue weighted by Crippen LogP contribution is 2.37. The van der Waals surface area contributed by atoms with Gasteiger partial charge in [-0.1, -0.05) is 12.1 Å². The minimum absolute atomic E-state index is 0.0369. The Morgan fingerprint density at radius 2 is 1.97 bits per heavy atom. The fraction of sp³-hybridized carbons (Fsp3) is 0.130. The summed E-state index contributed by atoms with van der Waals surface area (Å²) in [6.07, 6.45) is 1.65. The zero-order valence-corrected chi connectivity index (χ0v) is 19.2. The van der Waals surface area contributed by atoms with Gasteiger partial charge in [0.1, 0.15) is 6.61 Å². The quantitative estimate of drug-likeness (QED) is 0.171. The first-order valence-corrected chi connectivity index (χ1v) is 10.9. The predicted molar refractivity (Wildman–Crippen MR) is 130 cm³/mol. The van der Waals surface area contributed by atoms with Crippen molar-refractivity contribution in [2.75, 3.05) is 12.0 Å². The molecule has 9 nitrogen and oxygen atoms in total. The van der Waals surface area contributed by atoms with Crippen molar-refractivity contribution in [3.63, 3.8) is 0 Å². The van der Waals surface area contributed by atoms with Crippen LogP contribution in [0.1, 0.15) is 18.1 Å². The Balaban J connectivity index is 1.47. The summed E-state index contributed by atoms with van der Waals surface area (Å²) in [5, 5.41) is 15.1. The van der Waals surface area contributed by atoms with Crippen LogP contribution >= 0.6 is 15.9 Å². The number of nitrogens with zero attached hydrogens (tertiary/aromatic N) is 3. The molecule has 2 N–H and O–H groups in total. The smallest absolute Gasteiger partial charge is 0.269 e. The maximum Gasteiger partial charge on any atom is 0.269 e. The first kappa shape index (κ1) is 22.3. The minimum Gasteiger partial charge on any atom is -0.490 e. The van der Waals surface area contributed by atoms with E-state index in [0.29, 0.717) is 28.5 Å². The highest BCUT2D eigenvalue weighted by molar-refractivity contribution is 9.10. The van der Waals surface area contributed by atoms with E-state index in [1.807, 2.05) is 43.3 Å². The van der Waals surface area contributed by atoms with Gasteiger partial charge in [0.25, 0.3) is 5.69 Å². The Morgan fingerprint density at radius 3 is 2.70 bits per heavy atom. The number of anilines is 1. The summed E-state index contributed by atoms with van der Waals surface area (Å²) in [6.45, 7) is 2.58. The van der Waals surface area contributed by atoms with Gasteiger partial charge in [0.15, 0.2) is 11.5 Å². The maximum absolute atomic E-state index is 10.8. The van der Waals surface area contributed by atoms with Gasteiger partial charge in [0.05, 0.1) is 33.3 Å². The van der Waals surface area contributed by atoms with Crippen LogP contribution in [0, 0.1) is 10.1 Å². The number of hydrazone groups is 1. The van der Waals surface area contributed by atoms with Crippen molar-refractivity contribution in [3.8, 4) is 11.5 Å². The number of halogens is 1. The molecule has 0 fully saturated rings. The zero-order valence-electron chi connectivity index (χ0n) is 17.6. The SMILES string of the molecule is CCOc1cc(/C=N\Nc2nc3ccccc3[nH]2)cc(Br)c1OCc1ccc([N+](=O)[O-])cc1. The fourth-order valence-corrected chi connectivity index (χ4v) is 3.68. The molecule has 4 rings (SSSR count). The lowest BCUT2D eigenvalue weighted by molar-refractivity contribution is -0.384. The number of hydrogen-bond acceptors (Lipinski definition) is 7. The predicted octanol–water partition coefficient (Wildman–Crippen LogP) is 5.66. The molecule has 0 atom stereocenters. The van der Waals surface area contributed by atoms with Crippen molar-refractivity contribution >= 4 is 44.8 Å². The van der Waals surface area contributed by atoms with E-state index in [9.17, 15) is 10.1 Å². The van der Waals surface area contributed by atoms with Crippen molar-refractivity contribution in [3.05, 3.63) is 86.4 Å². The Morgan fingerprint density at radius 1 is 1.18 bits per heavy atom. The third-order valence-corrected chi connectivity index (χ3v) is 5.22. The molecule has 33 heavy (non-hydrogen) atoms. The van der Waals surface area contributed by atoms with E-state index in [0.717, 1.165) is 22.2 Å². The number of non-ortho nitro benzene ring substituents is 1. The highest BCUT2D eigenvalue weighted by Gasteiger charge is 2.13. The van der Waals surface area contributed by atoms with E-state index >= 15 is 0 Å². The molecular formula is C23H20BrN5O4. The molecule has 1 aromatic heterocycles. The molecule has 0 aliphatic heterocycles. The van der Waals surface area contributed by atoms with Crippen LogP contribution in [0.4, 0.5) is 11.6 Å². The molecule has 0 saturated carbocycles. The number of aromatic amines is 1. The van der Waals surface area contributed by atoms with Crippen molar-refractivity contribution in [2.45, 2.75) is 13.5 Å². The number of aromatic nitrogens is 2. The summed E-state index contributed by atoms with van der Waals surface area (Å²) in [6, 6.07) is 17.6. The number of fused-ring (bicyclic) bond motifs is 1. The lowest BCUT2D eigenvalue weighted by Gasteiger charge is -2.14. The topological polar surface area (TPSA) is 115 Å². The van der Waals surface area contributed by atoms with Gasteiger partial charge in [0.2, 0.25) is 5.95 Å². The molecule has 10 heteroatoms. The molecule has 4 aromatic rings. The Hall–Kier alpha value is -3.92. The Kier molecular flexibility index (Phi) is 6.84. The van der Waals surface area contributed by atoms with Gasteiger partial charge >= 0.3 is 0 Å². The minimum atomic E-state index is -0.433. The standard InChI is InChI=1S/C23H20BrN5O4/c1-2-32-21-12-16(13-25-28-23-26-19-5-3-4-6-20(19)27-23)11-18(24)22(21)33-14-15-7-9-17(10-8-15)29(30)31/h3-13H,2,14H2,1H3,(H2,26,27,28)/b25-13-. The lowest BCUT2D eigenvalue weighted by atomic mass is 10.2. The van der Waals surface area contributed by atoms with Gasteiger partial charge in [-0.2, -0.15) is 5.10 Å².